The van der Waals surface area contributed by atoms with Crippen LogP contribution in [0.4, 0.5) is 0 Å². The molecule has 2 atom stereocenters. The van der Waals surface area contributed by atoms with Gasteiger partial charge in [-0.2, -0.15) is 0 Å². The SMILES string of the molecule is C[C@@H]1CCCC[C@@]1(O)CBr. The molecule has 0 aromatic carbocycles. The second kappa shape index (κ2) is 3.22. The van der Waals surface area contributed by atoms with E-state index in [1.54, 1.807) is 0 Å². The summed E-state index contributed by atoms with van der Waals surface area (Å²) in [5.74, 6) is 0.473. The van der Waals surface area contributed by atoms with E-state index in [1.807, 2.05) is 0 Å². The second-order valence-corrected chi connectivity index (χ2v) is 3.94. The molecule has 0 radical (unpaired) electrons. The Morgan fingerprint density at radius 1 is 1.60 bits per heavy atom. The van der Waals surface area contributed by atoms with Crippen molar-refractivity contribution >= 4 is 15.9 Å². The summed E-state index contributed by atoms with van der Waals surface area (Å²) >= 11 is 3.36. The highest BCUT2D eigenvalue weighted by molar-refractivity contribution is 9.09. The number of alkyl halides is 1. The van der Waals surface area contributed by atoms with Gasteiger partial charge in [-0.1, -0.05) is 35.7 Å². The summed E-state index contributed by atoms with van der Waals surface area (Å²) in [5.41, 5.74) is -0.405. The highest BCUT2D eigenvalue weighted by Gasteiger charge is 2.34. The molecule has 2 heteroatoms. The minimum Gasteiger partial charge on any atom is -0.389 e. The normalized spacial score (nSPS) is 41.7. The Morgan fingerprint density at radius 3 is 2.70 bits per heavy atom. The standard InChI is InChI=1S/C8H15BrO/c1-7-4-2-3-5-8(7,10)6-9/h7,10H,2-6H2,1H3/t7-,8-/m1/s1. The summed E-state index contributed by atoms with van der Waals surface area (Å²) in [7, 11) is 0. The summed E-state index contributed by atoms with van der Waals surface area (Å²) in [6.45, 7) is 2.14. The van der Waals surface area contributed by atoms with E-state index in [-0.39, 0.29) is 0 Å². The fraction of sp³-hybridized carbons (Fsp3) is 1.00. The highest BCUT2D eigenvalue weighted by atomic mass is 79.9. The van der Waals surface area contributed by atoms with Gasteiger partial charge in [0.15, 0.2) is 0 Å². The fourth-order valence-electron chi connectivity index (χ4n) is 1.60. The maximum atomic E-state index is 9.90. The van der Waals surface area contributed by atoms with Crippen molar-refractivity contribution in [2.45, 2.75) is 38.2 Å². The van der Waals surface area contributed by atoms with Crippen LogP contribution in [0.15, 0.2) is 0 Å². The first kappa shape index (κ1) is 8.54. The van der Waals surface area contributed by atoms with Crippen LogP contribution in [0, 0.1) is 5.92 Å². The summed E-state index contributed by atoms with van der Waals surface area (Å²) < 4.78 is 0. The van der Waals surface area contributed by atoms with Crippen molar-refractivity contribution in [2.24, 2.45) is 5.92 Å². The summed E-state index contributed by atoms with van der Waals surface area (Å²) in [6, 6.07) is 0. The zero-order chi connectivity index (χ0) is 7.61. The zero-order valence-electron chi connectivity index (χ0n) is 6.44. The number of hydrogen-bond acceptors (Lipinski definition) is 1. The fourth-order valence-corrected chi connectivity index (χ4v) is 2.43. The number of aliphatic hydroxyl groups is 1. The molecular formula is C8H15BrO. The van der Waals surface area contributed by atoms with Crippen LogP contribution in [-0.4, -0.2) is 16.0 Å². The van der Waals surface area contributed by atoms with Crippen LogP contribution in [0.3, 0.4) is 0 Å². The molecule has 0 saturated heterocycles. The average Bonchev–Trinajstić information content (AvgIpc) is 1.96. The van der Waals surface area contributed by atoms with Crippen molar-refractivity contribution in [3.63, 3.8) is 0 Å². The van der Waals surface area contributed by atoms with Crippen LogP contribution in [-0.2, 0) is 0 Å². The van der Waals surface area contributed by atoms with Gasteiger partial charge in [0.2, 0.25) is 0 Å². The molecule has 0 bridgehead atoms. The Kier molecular flexibility index (Phi) is 2.75. The molecule has 1 aliphatic rings. The van der Waals surface area contributed by atoms with E-state index in [1.165, 1.54) is 19.3 Å². The Balaban J connectivity index is 2.54. The molecule has 60 valence electrons. The van der Waals surface area contributed by atoms with Gasteiger partial charge in [-0.25, -0.2) is 0 Å². The van der Waals surface area contributed by atoms with E-state index >= 15 is 0 Å². The van der Waals surface area contributed by atoms with Crippen LogP contribution in [0.1, 0.15) is 32.6 Å². The Labute approximate surface area is 70.9 Å². The molecule has 10 heavy (non-hydrogen) atoms. The van der Waals surface area contributed by atoms with Gasteiger partial charge in [0, 0.05) is 5.33 Å². The predicted octanol–water partition coefficient (Wildman–Crippen LogP) is 2.32. The number of rotatable bonds is 1. The van der Waals surface area contributed by atoms with Crippen molar-refractivity contribution < 1.29 is 5.11 Å². The number of halogens is 1. The minimum atomic E-state index is -0.405. The van der Waals surface area contributed by atoms with Gasteiger partial charge in [-0.05, 0) is 18.8 Å². The maximum Gasteiger partial charge on any atom is 0.0769 e. The number of hydrogen-bond donors (Lipinski definition) is 1. The molecule has 0 aliphatic heterocycles. The van der Waals surface area contributed by atoms with E-state index in [4.69, 9.17) is 0 Å². The topological polar surface area (TPSA) is 20.2 Å². The average molecular weight is 207 g/mol. The van der Waals surface area contributed by atoms with Crippen molar-refractivity contribution in [3.05, 3.63) is 0 Å². The molecule has 0 spiro atoms. The third-order valence-corrected chi connectivity index (χ3v) is 3.62. The lowest BCUT2D eigenvalue weighted by atomic mass is 9.78. The highest BCUT2D eigenvalue weighted by Crippen LogP contribution is 2.34. The molecule has 0 amide bonds. The van der Waals surface area contributed by atoms with E-state index < -0.39 is 5.60 Å². The van der Waals surface area contributed by atoms with E-state index in [9.17, 15) is 5.11 Å². The first-order valence-electron chi connectivity index (χ1n) is 3.97. The lowest BCUT2D eigenvalue weighted by Crippen LogP contribution is -2.40. The predicted molar refractivity (Wildman–Crippen MR) is 46.4 cm³/mol. The lowest BCUT2D eigenvalue weighted by Gasteiger charge is -2.36. The Hall–Kier alpha value is 0.440. The summed E-state index contributed by atoms with van der Waals surface area (Å²) in [4.78, 5) is 0. The molecule has 0 unspecified atom stereocenters. The van der Waals surface area contributed by atoms with Gasteiger partial charge in [0.05, 0.1) is 5.60 Å². The molecule has 1 nitrogen and oxygen atoms in total. The molecule has 1 N–H and O–H groups in total. The molecule has 0 aromatic rings. The summed E-state index contributed by atoms with van der Waals surface area (Å²) in [6.07, 6.45) is 4.63. The third kappa shape index (κ3) is 1.54. The zero-order valence-corrected chi connectivity index (χ0v) is 8.02. The van der Waals surface area contributed by atoms with Crippen LogP contribution in [0.5, 0.6) is 0 Å². The van der Waals surface area contributed by atoms with Crippen molar-refractivity contribution in [1.82, 2.24) is 0 Å². The van der Waals surface area contributed by atoms with Crippen molar-refractivity contribution in [3.8, 4) is 0 Å². The van der Waals surface area contributed by atoms with Gasteiger partial charge >= 0.3 is 0 Å². The van der Waals surface area contributed by atoms with Crippen LogP contribution >= 0.6 is 15.9 Å². The monoisotopic (exact) mass is 206 g/mol. The molecule has 1 saturated carbocycles. The first-order valence-corrected chi connectivity index (χ1v) is 5.09. The molecular weight excluding hydrogens is 192 g/mol. The third-order valence-electron chi connectivity index (χ3n) is 2.65. The Bertz CT molecular complexity index is 116. The van der Waals surface area contributed by atoms with Gasteiger partial charge in [-0.3, -0.25) is 0 Å². The molecule has 1 aliphatic carbocycles. The van der Waals surface area contributed by atoms with Crippen LogP contribution in [0.25, 0.3) is 0 Å². The van der Waals surface area contributed by atoms with Crippen molar-refractivity contribution in [1.29, 1.82) is 0 Å². The van der Waals surface area contributed by atoms with Crippen molar-refractivity contribution in [2.75, 3.05) is 5.33 Å². The summed E-state index contributed by atoms with van der Waals surface area (Å²) in [5, 5.41) is 10.6. The van der Waals surface area contributed by atoms with E-state index in [0.29, 0.717) is 5.92 Å². The molecule has 1 rings (SSSR count). The van der Waals surface area contributed by atoms with Gasteiger partial charge in [-0.15, -0.1) is 0 Å². The minimum absolute atomic E-state index is 0.405. The van der Waals surface area contributed by atoms with Crippen LogP contribution < -0.4 is 0 Å². The maximum absolute atomic E-state index is 9.90. The van der Waals surface area contributed by atoms with E-state index in [0.717, 1.165) is 11.8 Å². The van der Waals surface area contributed by atoms with Crippen LogP contribution in [0.2, 0.25) is 0 Å². The smallest absolute Gasteiger partial charge is 0.0769 e. The second-order valence-electron chi connectivity index (χ2n) is 3.38. The molecule has 1 fully saturated rings. The first-order chi connectivity index (χ1) is 4.69. The Morgan fingerprint density at radius 2 is 2.30 bits per heavy atom. The molecule has 0 heterocycles. The largest absolute Gasteiger partial charge is 0.389 e. The quantitative estimate of drug-likeness (QED) is 0.654. The lowest BCUT2D eigenvalue weighted by molar-refractivity contribution is -0.0183. The van der Waals surface area contributed by atoms with E-state index in [2.05, 4.69) is 22.9 Å². The molecule has 0 aromatic heterocycles. The van der Waals surface area contributed by atoms with Gasteiger partial charge < -0.3 is 5.11 Å². The van der Waals surface area contributed by atoms with Gasteiger partial charge in [0.25, 0.3) is 0 Å². The van der Waals surface area contributed by atoms with Gasteiger partial charge in [0.1, 0.15) is 0 Å².